The Morgan fingerprint density at radius 2 is 1.97 bits per heavy atom. The zero-order valence-electron chi connectivity index (χ0n) is 20.1. The fraction of sp³-hybridized carbons (Fsp3) is 0.346. The third-order valence-electron chi connectivity index (χ3n) is 5.02. The lowest BCUT2D eigenvalue weighted by Crippen LogP contribution is -2.37. The zero-order valence-corrected chi connectivity index (χ0v) is 21.7. The van der Waals surface area contributed by atoms with Crippen molar-refractivity contribution in [3.05, 3.63) is 63.5 Å². The molecule has 3 rings (SSSR count). The van der Waals surface area contributed by atoms with Crippen LogP contribution >= 0.6 is 22.9 Å². The number of halogens is 1. The van der Waals surface area contributed by atoms with Crippen LogP contribution in [0.4, 0.5) is 9.93 Å². The average Bonchev–Trinajstić information content (AvgIpc) is 3.20. The number of amides is 2. The van der Waals surface area contributed by atoms with Gasteiger partial charge in [-0.3, -0.25) is 4.79 Å². The fourth-order valence-corrected chi connectivity index (χ4v) is 4.31. The Morgan fingerprint density at radius 3 is 2.71 bits per heavy atom. The number of alkyl carbamates (subject to hydrolysis) is 1. The van der Waals surface area contributed by atoms with E-state index >= 15 is 0 Å². The van der Waals surface area contributed by atoms with Gasteiger partial charge in [-0.05, 0) is 76.3 Å². The first-order chi connectivity index (χ1) is 16.0. The molecule has 0 radical (unpaired) electrons. The standard InChI is InChI=1S/C26H30ClN3O3S/c1-16-7-6-8-19(21(27)12-9-16)20-13-18(11-10-17(20)2)22-15-34-24(29-22)30-23(31)14-28-25(32)33-26(3,4)5/h8-13,15H,6-7,14H2,1-5H3,(H,28,32)(H,29,30,31)/b16-9-,19-8-,21-12+. The number of nitrogens with one attached hydrogen (secondary N) is 2. The van der Waals surface area contributed by atoms with Gasteiger partial charge in [-0.25, -0.2) is 9.78 Å². The number of hydrogen-bond donors (Lipinski definition) is 2. The van der Waals surface area contributed by atoms with Crippen molar-refractivity contribution in [2.45, 2.75) is 53.1 Å². The number of benzene rings is 1. The summed E-state index contributed by atoms with van der Waals surface area (Å²) < 4.78 is 5.13. The molecule has 0 fully saturated rings. The number of anilines is 1. The molecular weight excluding hydrogens is 470 g/mol. The van der Waals surface area contributed by atoms with Crippen molar-refractivity contribution in [2.75, 3.05) is 11.9 Å². The number of rotatable bonds is 5. The molecule has 0 aliphatic heterocycles. The van der Waals surface area contributed by atoms with Crippen molar-refractivity contribution in [2.24, 2.45) is 0 Å². The number of allylic oxidation sites excluding steroid dienone is 6. The van der Waals surface area contributed by atoms with Crippen LogP contribution in [0.15, 0.2) is 52.4 Å². The maximum absolute atomic E-state index is 12.2. The van der Waals surface area contributed by atoms with E-state index in [2.05, 4.69) is 53.7 Å². The molecule has 0 atom stereocenters. The van der Waals surface area contributed by atoms with E-state index in [9.17, 15) is 9.59 Å². The number of hydrogen-bond acceptors (Lipinski definition) is 5. The van der Waals surface area contributed by atoms with E-state index in [4.69, 9.17) is 16.3 Å². The maximum atomic E-state index is 12.2. The van der Waals surface area contributed by atoms with Crippen LogP contribution in [0.5, 0.6) is 0 Å². The van der Waals surface area contributed by atoms with E-state index in [-0.39, 0.29) is 12.5 Å². The van der Waals surface area contributed by atoms with Crippen LogP contribution in [0.1, 0.15) is 51.7 Å². The number of aryl methyl sites for hydroxylation is 1. The molecule has 34 heavy (non-hydrogen) atoms. The third-order valence-corrected chi connectivity index (χ3v) is 6.11. The molecule has 1 aromatic carbocycles. The van der Waals surface area contributed by atoms with Crippen molar-refractivity contribution in [1.29, 1.82) is 0 Å². The van der Waals surface area contributed by atoms with Gasteiger partial charge in [0, 0.05) is 16.0 Å². The summed E-state index contributed by atoms with van der Waals surface area (Å²) in [6.07, 6.45) is 7.50. The number of carbonyl (C=O) groups excluding carboxylic acids is 2. The molecule has 0 saturated heterocycles. The second kappa shape index (κ2) is 11.0. The summed E-state index contributed by atoms with van der Waals surface area (Å²) in [7, 11) is 0. The zero-order chi connectivity index (χ0) is 24.9. The van der Waals surface area contributed by atoms with Gasteiger partial charge in [-0.2, -0.15) is 0 Å². The highest BCUT2D eigenvalue weighted by Gasteiger charge is 2.17. The first-order valence-electron chi connectivity index (χ1n) is 11.1. The lowest BCUT2D eigenvalue weighted by molar-refractivity contribution is -0.115. The molecule has 0 unspecified atom stereocenters. The number of ether oxygens (including phenoxy) is 1. The molecule has 1 aliphatic rings. The van der Waals surface area contributed by atoms with Crippen molar-refractivity contribution < 1.29 is 14.3 Å². The Morgan fingerprint density at radius 1 is 1.21 bits per heavy atom. The molecule has 2 amide bonds. The summed E-state index contributed by atoms with van der Waals surface area (Å²) >= 11 is 7.95. The van der Waals surface area contributed by atoms with Crippen LogP contribution in [0.3, 0.4) is 0 Å². The number of thiazole rings is 1. The van der Waals surface area contributed by atoms with Gasteiger partial charge in [-0.1, -0.05) is 41.5 Å². The normalized spacial score (nSPS) is 18.8. The van der Waals surface area contributed by atoms with E-state index < -0.39 is 11.7 Å². The van der Waals surface area contributed by atoms with Gasteiger partial charge in [0.25, 0.3) is 0 Å². The molecule has 8 heteroatoms. The van der Waals surface area contributed by atoms with Crippen molar-refractivity contribution in [1.82, 2.24) is 10.3 Å². The molecule has 180 valence electrons. The van der Waals surface area contributed by atoms with Crippen molar-refractivity contribution in [3.63, 3.8) is 0 Å². The summed E-state index contributed by atoms with van der Waals surface area (Å²) in [5.74, 6) is -0.378. The first-order valence-corrected chi connectivity index (χ1v) is 12.3. The van der Waals surface area contributed by atoms with Crippen LogP contribution in [-0.4, -0.2) is 29.1 Å². The van der Waals surface area contributed by atoms with Crippen LogP contribution < -0.4 is 10.6 Å². The van der Waals surface area contributed by atoms with Gasteiger partial charge in [-0.15, -0.1) is 11.3 Å². The minimum Gasteiger partial charge on any atom is -0.444 e. The average molecular weight is 500 g/mol. The van der Waals surface area contributed by atoms with E-state index in [1.807, 2.05) is 17.5 Å². The monoisotopic (exact) mass is 499 g/mol. The molecule has 2 N–H and O–H groups in total. The third kappa shape index (κ3) is 7.30. The Kier molecular flexibility index (Phi) is 8.33. The second-order valence-electron chi connectivity index (χ2n) is 9.16. The molecule has 2 aromatic rings. The van der Waals surface area contributed by atoms with Crippen LogP contribution in [0.2, 0.25) is 0 Å². The van der Waals surface area contributed by atoms with E-state index in [1.54, 1.807) is 20.8 Å². The summed E-state index contributed by atoms with van der Waals surface area (Å²) in [5.41, 5.74) is 5.57. The Labute approximate surface area is 209 Å². The van der Waals surface area contributed by atoms with Gasteiger partial charge in [0.15, 0.2) is 5.13 Å². The molecule has 0 spiro atoms. The first kappa shape index (κ1) is 25.7. The summed E-state index contributed by atoms with van der Waals surface area (Å²) in [6.45, 7) is 9.25. The highest BCUT2D eigenvalue weighted by atomic mass is 35.5. The topological polar surface area (TPSA) is 80.3 Å². The largest absolute Gasteiger partial charge is 0.444 e. The second-order valence-corrected chi connectivity index (χ2v) is 10.4. The smallest absolute Gasteiger partial charge is 0.408 e. The number of aromatic nitrogens is 1. The van der Waals surface area contributed by atoms with Gasteiger partial charge in [0.05, 0.1) is 5.69 Å². The SMILES string of the molecule is C/C1=C/C=C(Cl)\C(c2cc(-c3csc(NC(=O)CNC(=O)OC(C)(C)C)n3)ccc2C)=C/CC1. The minimum absolute atomic E-state index is 0.203. The highest BCUT2D eigenvalue weighted by Crippen LogP contribution is 2.34. The quantitative estimate of drug-likeness (QED) is 0.472. The molecule has 6 nitrogen and oxygen atoms in total. The van der Waals surface area contributed by atoms with E-state index in [0.29, 0.717) is 10.2 Å². The lowest BCUT2D eigenvalue weighted by atomic mass is 9.94. The summed E-state index contributed by atoms with van der Waals surface area (Å²) in [4.78, 5) is 28.5. The predicted molar refractivity (Wildman–Crippen MR) is 140 cm³/mol. The Bertz CT molecular complexity index is 1170. The minimum atomic E-state index is -0.642. The van der Waals surface area contributed by atoms with E-state index in [0.717, 1.165) is 40.8 Å². The van der Waals surface area contributed by atoms with E-state index in [1.165, 1.54) is 16.9 Å². The molecule has 0 saturated carbocycles. The number of nitrogens with zero attached hydrogens (tertiary/aromatic N) is 1. The van der Waals surface area contributed by atoms with Crippen molar-refractivity contribution >= 4 is 45.6 Å². The van der Waals surface area contributed by atoms with Crippen LogP contribution in [-0.2, 0) is 9.53 Å². The van der Waals surface area contributed by atoms with Gasteiger partial charge in [0.1, 0.15) is 12.1 Å². The van der Waals surface area contributed by atoms with Gasteiger partial charge >= 0.3 is 6.09 Å². The maximum Gasteiger partial charge on any atom is 0.408 e. The molecule has 1 aromatic heterocycles. The van der Waals surface area contributed by atoms with Crippen LogP contribution in [0.25, 0.3) is 16.8 Å². The Balaban J connectivity index is 1.72. The van der Waals surface area contributed by atoms with Crippen molar-refractivity contribution in [3.8, 4) is 11.3 Å². The highest BCUT2D eigenvalue weighted by molar-refractivity contribution is 7.14. The Hall–Kier alpha value is -2.90. The predicted octanol–water partition coefficient (Wildman–Crippen LogP) is 6.83. The molecule has 1 aliphatic carbocycles. The summed E-state index contributed by atoms with van der Waals surface area (Å²) in [5, 5.41) is 8.21. The molecular formula is C26H30ClN3O3S. The van der Waals surface area contributed by atoms with Crippen LogP contribution in [0, 0.1) is 6.92 Å². The van der Waals surface area contributed by atoms with Gasteiger partial charge < -0.3 is 15.4 Å². The fourth-order valence-electron chi connectivity index (χ4n) is 3.33. The molecule has 1 heterocycles. The van der Waals surface area contributed by atoms with Gasteiger partial charge in [0.2, 0.25) is 5.91 Å². The molecule has 0 bridgehead atoms. The lowest BCUT2D eigenvalue weighted by Gasteiger charge is -2.19. The number of carbonyl (C=O) groups is 2. The summed E-state index contributed by atoms with van der Waals surface area (Å²) in [6, 6.07) is 6.15.